The quantitative estimate of drug-likeness (QED) is 0.928. The van der Waals surface area contributed by atoms with Crippen LogP contribution < -0.4 is 0 Å². The molecule has 0 saturated carbocycles. The van der Waals surface area contributed by atoms with E-state index in [-0.39, 0.29) is 12.5 Å². The van der Waals surface area contributed by atoms with Crippen molar-refractivity contribution >= 4 is 5.71 Å². The second kappa shape index (κ2) is 5.10. The van der Waals surface area contributed by atoms with E-state index in [2.05, 4.69) is 5.16 Å². The van der Waals surface area contributed by atoms with Gasteiger partial charge in [-0.15, -0.1) is 0 Å². The number of rotatable bonds is 3. The van der Waals surface area contributed by atoms with Gasteiger partial charge in [-0.3, -0.25) is 0 Å². The highest BCUT2D eigenvalue weighted by molar-refractivity contribution is 5.91. The lowest BCUT2D eigenvalue weighted by atomic mass is 9.76. The molecule has 102 valence electrons. The first-order valence-electron chi connectivity index (χ1n) is 6.72. The van der Waals surface area contributed by atoms with E-state index < -0.39 is 5.60 Å². The zero-order valence-corrected chi connectivity index (χ0v) is 11.4. The minimum Gasteiger partial charge on any atom is -0.392 e. The summed E-state index contributed by atoms with van der Waals surface area (Å²) in [4.78, 5) is 5.69. The summed E-state index contributed by atoms with van der Waals surface area (Å²) < 4.78 is 0. The van der Waals surface area contributed by atoms with Crippen LogP contribution in [0.1, 0.15) is 24.0 Å². The normalized spacial score (nSPS) is 25.1. The molecule has 3 nitrogen and oxygen atoms in total. The Labute approximate surface area is 118 Å². The fourth-order valence-corrected chi connectivity index (χ4v) is 2.90. The fourth-order valence-electron chi connectivity index (χ4n) is 2.90. The first-order chi connectivity index (χ1) is 9.78. The molecule has 0 aliphatic carbocycles. The van der Waals surface area contributed by atoms with E-state index in [9.17, 15) is 5.11 Å². The minimum absolute atomic E-state index is 0.0731. The van der Waals surface area contributed by atoms with Gasteiger partial charge in [0.2, 0.25) is 0 Å². The summed E-state index contributed by atoms with van der Waals surface area (Å²) >= 11 is 0. The molecule has 20 heavy (non-hydrogen) atoms. The summed E-state index contributed by atoms with van der Waals surface area (Å²) in [6.45, 7) is 1.83. The highest BCUT2D eigenvalue weighted by Gasteiger charge is 2.49. The molecule has 2 aromatic rings. The first kappa shape index (κ1) is 12.9. The summed E-state index contributed by atoms with van der Waals surface area (Å²) in [7, 11) is 0. The van der Waals surface area contributed by atoms with Gasteiger partial charge in [0.1, 0.15) is 0 Å². The molecule has 0 fully saturated rings. The van der Waals surface area contributed by atoms with Crippen LogP contribution in [0.4, 0.5) is 0 Å². The average molecular weight is 267 g/mol. The van der Waals surface area contributed by atoms with Crippen molar-refractivity contribution in [2.75, 3.05) is 6.61 Å². The van der Waals surface area contributed by atoms with Gasteiger partial charge in [0.05, 0.1) is 18.2 Å². The van der Waals surface area contributed by atoms with Crippen LogP contribution in [0, 0.1) is 0 Å². The zero-order valence-electron chi connectivity index (χ0n) is 11.4. The number of hydrogen-bond acceptors (Lipinski definition) is 3. The number of oxime groups is 1. The molecular weight excluding hydrogens is 250 g/mol. The third kappa shape index (κ3) is 1.91. The summed E-state index contributed by atoms with van der Waals surface area (Å²) in [5.74, 6) is -0.0731. The maximum Gasteiger partial charge on any atom is 0.197 e. The van der Waals surface area contributed by atoms with Crippen molar-refractivity contribution in [3.05, 3.63) is 71.8 Å². The van der Waals surface area contributed by atoms with E-state index in [1.165, 1.54) is 0 Å². The summed E-state index contributed by atoms with van der Waals surface area (Å²) in [5.41, 5.74) is 2.10. The van der Waals surface area contributed by atoms with Gasteiger partial charge in [-0.25, -0.2) is 0 Å². The lowest BCUT2D eigenvalue weighted by molar-refractivity contribution is -0.0718. The topological polar surface area (TPSA) is 41.8 Å². The second-order valence-electron chi connectivity index (χ2n) is 5.08. The van der Waals surface area contributed by atoms with Crippen molar-refractivity contribution in [2.24, 2.45) is 5.16 Å². The molecule has 0 bridgehead atoms. The van der Waals surface area contributed by atoms with E-state index in [4.69, 9.17) is 4.84 Å². The third-order valence-electron chi connectivity index (χ3n) is 3.87. The van der Waals surface area contributed by atoms with Crippen LogP contribution in [0.3, 0.4) is 0 Å². The summed E-state index contributed by atoms with van der Waals surface area (Å²) in [6.07, 6.45) is 0. The van der Waals surface area contributed by atoms with Gasteiger partial charge < -0.3 is 9.94 Å². The third-order valence-corrected chi connectivity index (χ3v) is 3.87. The molecule has 0 amide bonds. The highest BCUT2D eigenvalue weighted by atomic mass is 16.7. The van der Waals surface area contributed by atoms with E-state index >= 15 is 0 Å². The molecule has 0 radical (unpaired) electrons. The van der Waals surface area contributed by atoms with Crippen LogP contribution >= 0.6 is 0 Å². The lowest BCUT2D eigenvalue weighted by Gasteiger charge is -2.32. The van der Waals surface area contributed by atoms with Crippen LogP contribution in [-0.4, -0.2) is 17.4 Å². The Morgan fingerprint density at radius 3 is 2.25 bits per heavy atom. The van der Waals surface area contributed by atoms with E-state index in [1.54, 1.807) is 0 Å². The monoisotopic (exact) mass is 267 g/mol. The first-order valence-corrected chi connectivity index (χ1v) is 6.72. The fraction of sp³-hybridized carbons (Fsp3) is 0.235. The summed E-state index contributed by atoms with van der Waals surface area (Å²) in [6, 6.07) is 19.9. The Kier molecular flexibility index (Phi) is 3.28. The van der Waals surface area contributed by atoms with Crippen molar-refractivity contribution in [2.45, 2.75) is 18.4 Å². The van der Waals surface area contributed by atoms with Crippen LogP contribution in [-0.2, 0) is 10.4 Å². The Hall–Kier alpha value is -2.13. The molecule has 2 unspecified atom stereocenters. The van der Waals surface area contributed by atoms with Crippen molar-refractivity contribution in [3.63, 3.8) is 0 Å². The predicted molar refractivity (Wildman–Crippen MR) is 78.6 cm³/mol. The van der Waals surface area contributed by atoms with Crippen LogP contribution in [0.5, 0.6) is 0 Å². The van der Waals surface area contributed by atoms with Crippen molar-refractivity contribution < 1.29 is 9.94 Å². The molecule has 2 atom stereocenters. The molecule has 3 rings (SSSR count). The molecular formula is C17H17NO2. The van der Waals surface area contributed by atoms with Gasteiger partial charge in [-0.1, -0.05) is 65.8 Å². The van der Waals surface area contributed by atoms with E-state index in [0.717, 1.165) is 16.8 Å². The van der Waals surface area contributed by atoms with Gasteiger partial charge in [-0.05, 0) is 12.5 Å². The Balaban J connectivity index is 2.12. The highest BCUT2D eigenvalue weighted by Crippen LogP contribution is 2.45. The maximum absolute atomic E-state index is 10.0. The summed E-state index contributed by atoms with van der Waals surface area (Å²) in [5, 5.41) is 14.2. The van der Waals surface area contributed by atoms with E-state index in [0.29, 0.717) is 0 Å². The molecule has 0 aromatic heterocycles. The SMILES string of the molecule is CC1=NOC(CO)(c2ccccc2)C1c1ccccc1. The Morgan fingerprint density at radius 2 is 1.65 bits per heavy atom. The Morgan fingerprint density at radius 1 is 1.05 bits per heavy atom. The molecule has 0 spiro atoms. The molecule has 0 saturated heterocycles. The van der Waals surface area contributed by atoms with Crippen LogP contribution in [0.15, 0.2) is 65.8 Å². The second-order valence-corrected chi connectivity index (χ2v) is 5.08. The molecule has 2 aromatic carbocycles. The average Bonchev–Trinajstić information content (AvgIpc) is 2.87. The van der Waals surface area contributed by atoms with Gasteiger partial charge >= 0.3 is 0 Å². The number of nitrogens with zero attached hydrogens (tertiary/aromatic N) is 1. The number of aliphatic hydroxyl groups excluding tert-OH is 1. The number of benzene rings is 2. The number of aliphatic hydroxyl groups is 1. The van der Waals surface area contributed by atoms with Crippen LogP contribution in [0.25, 0.3) is 0 Å². The van der Waals surface area contributed by atoms with Crippen LogP contribution in [0.2, 0.25) is 0 Å². The molecule has 1 aliphatic rings. The number of hydrogen-bond donors (Lipinski definition) is 1. The molecule has 1 N–H and O–H groups in total. The largest absolute Gasteiger partial charge is 0.392 e. The van der Waals surface area contributed by atoms with Gasteiger partial charge in [0, 0.05) is 5.56 Å². The lowest BCUT2D eigenvalue weighted by Crippen LogP contribution is -2.38. The predicted octanol–water partition coefficient (Wildman–Crippen LogP) is 3.06. The van der Waals surface area contributed by atoms with Gasteiger partial charge in [-0.2, -0.15) is 0 Å². The van der Waals surface area contributed by atoms with E-state index in [1.807, 2.05) is 67.6 Å². The van der Waals surface area contributed by atoms with Gasteiger partial charge in [0.15, 0.2) is 5.60 Å². The maximum atomic E-state index is 10.0. The smallest absolute Gasteiger partial charge is 0.197 e. The standard InChI is InChI=1S/C17H17NO2/c1-13-16(14-8-4-2-5-9-14)17(12-19,20-18-13)15-10-6-3-7-11-15/h2-11,16,19H,12H2,1H3. The minimum atomic E-state index is -0.827. The molecule has 1 aliphatic heterocycles. The Bertz CT molecular complexity index is 609. The van der Waals surface area contributed by atoms with Crippen molar-refractivity contribution in [3.8, 4) is 0 Å². The van der Waals surface area contributed by atoms with Gasteiger partial charge in [0.25, 0.3) is 0 Å². The molecule has 3 heteroatoms. The van der Waals surface area contributed by atoms with Crippen molar-refractivity contribution in [1.29, 1.82) is 0 Å². The van der Waals surface area contributed by atoms with Crippen molar-refractivity contribution in [1.82, 2.24) is 0 Å². The zero-order chi connectivity index (χ0) is 14.0. The molecule has 1 heterocycles.